The smallest absolute Gasteiger partial charge is 0.233 e. The fourth-order valence-electron chi connectivity index (χ4n) is 5.95. The molecular weight excluding hydrogens is 414 g/mol. The summed E-state index contributed by atoms with van der Waals surface area (Å²) < 4.78 is 11.9. The largest absolute Gasteiger partial charge is 0.494 e. The third-order valence-electron chi connectivity index (χ3n) is 7.54. The number of likely N-dealkylation sites (tertiary alicyclic amines) is 1. The van der Waals surface area contributed by atoms with Crippen LogP contribution in [0.5, 0.6) is 5.75 Å². The van der Waals surface area contributed by atoms with Gasteiger partial charge >= 0.3 is 0 Å². The molecule has 6 nitrogen and oxygen atoms in total. The summed E-state index contributed by atoms with van der Waals surface area (Å²) in [6.45, 7) is 16.5. The standard InChI is InChI=1S/C27H43N3O3/c1-20-8-6-13-29(20)14-7-15-32-25-11-9-23(10-12-25)30-24(16-27(4,5)26(30)31)19-28-17-21(2)33-22(3)18-28/h9-12,20-22,24H,6-8,13-19H2,1-5H3/t20?,21-,22+,24-/m0/s1. The first-order valence-corrected chi connectivity index (χ1v) is 12.9. The zero-order valence-electron chi connectivity index (χ0n) is 21.3. The highest BCUT2D eigenvalue weighted by atomic mass is 16.5. The molecule has 184 valence electrons. The van der Waals surface area contributed by atoms with Crippen LogP contribution in [0.3, 0.4) is 0 Å². The van der Waals surface area contributed by atoms with E-state index in [9.17, 15) is 4.79 Å². The molecule has 1 amide bonds. The van der Waals surface area contributed by atoms with E-state index in [4.69, 9.17) is 9.47 Å². The summed E-state index contributed by atoms with van der Waals surface area (Å²) in [5.74, 6) is 1.10. The van der Waals surface area contributed by atoms with Crippen LogP contribution in [-0.2, 0) is 9.53 Å². The lowest BCUT2D eigenvalue weighted by Crippen LogP contribution is -2.50. The first-order valence-electron chi connectivity index (χ1n) is 12.9. The average Bonchev–Trinajstić information content (AvgIpc) is 3.25. The van der Waals surface area contributed by atoms with Gasteiger partial charge in [0.2, 0.25) is 5.91 Å². The number of carbonyl (C=O) groups is 1. The molecule has 4 atom stereocenters. The van der Waals surface area contributed by atoms with Crippen molar-refractivity contribution in [3.8, 4) is 5.75 Å². The molecular formula is C27H43N3O3. The molecule has 6 heteroatoms. The molecule has 3 aliphatic rings. The van der Waals surface area contributed by atoms with E-state index in [1.165, 1.54) is 19.4 Å². The highest BCUT2D eigenvalue weighted by molar-refractivity contribution is 6.00. The van der Waals surface area contributed by atoms with Crippen LogP contribution in [0.4, 0.5) is 5.69 Å². The van der Waals surface area contributed by atoms with Crippen molar-refractivity contribution in [3.63, 3.8) is 0 Å². The van der Waals surface area contributed by atoms with Gasteiger partial charge in [-0.2, -0.15) is 0 Å². The second-order valence-corrected chi connectivity index (χ2v) is 11.1. The molecule has 3 heterocycles. The number of morpholine rings is 1. The van der Waals surface area contributed by atoms with E-state index in [1.54, 1.807) is 0 Å². The van der Waals surface area contributed by atoms with E-state index in [-0.39, 0.29) is 29.6 Å². The van der Waals surface area contributed by atoms with Gasteiger partial charge in [-0.15, -0.1) is 0 Å². The Morgan fingerprint density at radius 2 is 1.79 bits per heavy atom. The van der Waals surface area contributed by atoms with Crippen molar-refractivity contribution in [2.24, 2.45) is 5.41 Å². The van der Waals surface area contributed by atoms with Crippen molar-refractivity contribution in [1.29, 1.82) is 0 Å². The van der Waals surface area contributed by atoms with E-state index >= 15 is 0 Å². The Balaban J connectivity index is 1.35. The molecule has 3 saturated heterocycles. The Morgan fingerprint density at radius 1 is 1.09 bits per heavy atom. The van der Waals surface area contributed by atoms with Crippen LogP contribution in [0.15, 0.2) is 24.3 Å². The molecule has 0 spiro atoms. The second-order valence-electron chi connectivity index (χ2n) is 11.1. The third kappa shape index (κ3) is 5.90. The second kappa shape index (κ2) is 10.3. The van der Waals surface area contributed by atoms with Crippen LogP contribution >= 0.6 is 0 Å². The summed E-state index contributed by atoms with van der Waals surface area (Å²) in [7, 11) is 0. The van der Waals surface area contributed by atoms with Crippen molar-refractivity contribution in [1.82, 2.24) is 9.80 Å². The minimum absolute atomic E-state index is 0.180. The zero-order valence-corrected chi connectivity index (χ0v) is 21.3. The Hall–Kier alpha value is -1.63. The summed E-state index contributed by atoms with van der Waals surface area (Å²) in [5.41, 5.74) is 0.638. The lowest BCUT2D eigenvalue weighted by molar-refractivity contribution is -0.124. The van der Waals surface area contributed by atoms with Crippen LogP contribution in [0, 0.1) is 5.41 Å². The van der Waals surface area contributed by atoms with Gasteiger partial charge in [0.05, 0.1) is 24.9 Å². The SMILES string of the molecule is CC1CCCN1CCCOc1ccc(N2C(=O)C(C)(C)C[C@H]2CN2C[C@@H](C)O[C@@H](C)C2)cc1. The van der Waals surface area contributed by atoms with Crippen molar-refractivity contribution in [3.05, 3.63) is 24.3 Å². The molecule has 4 rings (SSSR count). The number of rotatable bonds is 8. The Labute approximate surface area is 200 Å². The molecule has 3 aliphatic heterocycles. The highest BCUT2D eigenvalue weighted by Crippen LogP contribution is 2.39. The topological polar surface area (TPSA) is 45.2 Å². The summed E-state index contributed by atoms with van der Waals surface area (Å²) in [6, 6.07) is 9.02. The van der Waals surface area contributed by atoms with E-state index in [1.807, 2.05) is 17.0 Å². The molecule has 3 fully saturated rings. The van der Waals surface area contributed by atoms with Gasteiger partial charge in [0.25, 0.3) is 0 Å². The lowest BCUT2D eigenvalue weighted by atomic mass is 9.89. The maximum atomic E-state index is 13.3. The minimum Gasteiger partial charge on any atom is -0.494 e. The Bertz CT molecular complexity index is 786. The first kappa shape index (κ1) is 24.5. The van der Waals surface area contributed by atoms with Gasteiger partial charge in [-0.05, 0) is 77.3 Å². The summed E-state index contributed by atoms with van der Waals surface area (Å²) in [5, 5.41) is 0. The number of ether oxygens (including phenoxy) is 2. The minimum atomic E-state index is -0.337. The number of amides is 1. The summed E-state index contributed by atoms with van der Waals surface area (Å²) in [6.07, 6.45) is 5.02. The molecule has 1 aromatic rings. The summed E-state index contributed by atoms with van der Waals surface area (Å²) in [4.78, 5) is 20.4. The van der Waals surface area contributed by atoms with E-state index in [0.717, 1.165) is 57.1 Å². The van der Waals surface area contributed by atoms with Gasteiger partial charge in [0.15, 0.2) is 0 Å². The number of hydrogen-bond donors (Lipinski definition) is 0. The van der Waals surface area contributed by atoms with Gasteiger partial charge < -0.3 is 19.3 Å². The molecule has 0 saturated carbocycles. The average molecular weight is 458 g/mol. The maximum absolute atomic E-state index is 13.3. The zero-order chi connectivity index (χ0) is 23.6. The van der Waals surface area contributed by atoms with Crippen molar-refractivity contribution in [2.75, 3.05) is 44.2 Å². The predicted octanol–water partition coefficient (Wildman–Crippen LogP) is 4.18. The molecule has 0 N–H and O–H groups in total. The normalized spacial score (nSPS) is 30.8. The third-order valence-corrected chi connectivity index (χ3v) is 7.54. The van der Waals surface area contributed by atoms with Crippen LogP contribution in [0.25, 0.3) is 0 Å². The molecule has 1 aromatic carbocycles. The Kier molecular flexibility index (Phi) is 7.66. The monoisotopic (exact) mass is 457 g/mol. The number of carbonyl (C=O) groups excluding carboxylic acids is 1. The predicted molar refractivity (Wildman–Crippen MR) is 133 cm³/mol. The Morgan fingerprint density at radius 3 is 2.42 bits per heavy atom. The number of nitrogens with zero attached hydrogens (tertiary/aromatic N) is 3. The molecule has 0 radical (unpaired) electrons. The van der Waals surface area contributed by atoms with E-state index < -0.39 is 0 Å². The van der Waals surface area contributed by atoms with Gasteiger partial charge in [-0.3, -0.25) is 9.69 Å². The van der Waals surface area contributed by atoms with Crippen molar-refractivity contribution in [2.45, 2.75) is 84.6 Å². The highest BCUT2D eigenvalue weighted by Gasteiger charge is 2.46. The van der Waals surface area contributed by atoms with Crippen molar-refractivity contribution < 1.29 is 14.3 Å². The number of hydrogen-bond acceptors (Lipinski definition) is 5. The number of benzene rings is 1. The fourth-order valence-corrected chi connectivity index (χ4v) is 5.95. The maximum Gasteiger partial charge on any atom is 0.233 e. The van der Waals surface area contributed by atoms with Gasteiger partial charge in [-0.1, -0.05) is 13.8 Å². The van der Waals surface area contributed by atoms with Crippen molar-refractivity contribution >= 4 is 11.6 Å². The van der Waals surface area contributed by atoms with E-state index in [0.29, 0.717) is 6.04 Å². The van der Waals surface area contributed by atoms with Crippen LogP contribution < -0.4 is 9.64 Å². The van der Waals surface area contributed by atoms with Crippen LogP contribution in [0.2, 0.25) is 0 Å². The molecule has 33 heavy (non-hydrogen) atoms. The van der Waals surface area contributed by atoms with Gasteiger partial charge in [0, 0.05) is 43.3 Å². The molecule has 0 bridgehead atoms. The quantitative estimate of drug-likeness (QED) is 0.548. The molecule has 0 aromatic heterocycles. The first-order chi connectivity index (χ1) is 15.7. The fraction of sp³-hybridized carbons (Fsp3) is 0.741. The summed E-state index contributed by atoms with van der Waals surface area (Å²) >= 11 is 0. The van der Waals surface area contributed by atoms with Crippen LogP contribution in [0.1, 0.15) is 60.3 Å². The molecule has 0 aliphatic carbocycles. The molecule has 1 unspecified atom stereocenters. The number of anilines is 1. The van der Waals surface area contributed by atoms with Crippen LogP contribution in [-0.4, -0.2) is 79.3 Å². The van der Waals surface area contributed by atoms with Gasteiger partial charge in [0.1, 0.15) is 5.75 Å². The van der Waals surface area contributed by atoms with Gasteiger partial charge in [-0.25, -0.2) is 0 Å². The lowest BCUT2D eigenvalue weighted by Gasteiger charge is -2.38. The van der Waals surface area contributed by atoms with E-state index in [2.05, 4.69) is 56.6 Å².